The van der Waals surface area contributed by atoms with Crippen LogP contribution in [0.2, 0.25) is 0 Å². The van der Waals surface area contributed by atoms with Crippen molar-refractivity contribution in [3.8, 4) is 0 Å². The summed E-state index contributed by atoms with van der Waals surface area (Å²) in [7, 11) is 0. The smallest absolute Gasteiger partial charge is 0.326 e. The van der Waals surface area contributed by atoms with Crippen molar-refractivity contribution in [2.45, 2.75) is 31.2 Å². The molecule has 0 fully saturated rings. The molecule has 0 aliphatic rings. The highest BCUT2D eigenvalue weighted by Crippen LogP contribution is 2.23. The molecule has 0 spiro atoms. The quantitative estimate of drug-likeness (QED) is 0.599. The van der Waals surface area contributed by atoms with Crippen molar-refractivity contribution in [1.29, 1.82) is 0 Å². The van der Waals surface area contributed by atoms with Gasteiger partial charge in [0.25, 0.3) is 0 Å². The highest BCUT2D eigenvalue weighted by Gasteiger charge is 2.18. The van der Waals surface area contributed by atoms with E-state index in [0.29, 0.717) is 0 Å². The molecule has 1 amide bonds. The molecule has 0 saturated carbocycles. The van der Waals surface area contributed by atoms with Gasteiger partial charge in [-0.15, -0.1) is 18.3 Å². The number of carbonyl (C=O) groups excluding carboxylic acids is 1. The summed E-state index contributed by atoms with van der Waals surface area (Å²) in [5.74, 6) is -1.13. The van der Waals surface area contributed by atoms with Gasteiger partial charge in [0.15, 0.2) is 0 Å². The number of thioether (sulfide) groups is 1. The molecular weight excluding hydrogens is 274 g/mol. The van der Waals surface area contributed by atoms with E-state index in [4.69, 9.17) is 5.11 Å². The number of aryl methyl sites for hydroxylation is 2. The molecule has 0 bridgehead atoms. The first-order valence-electron chi connectivity index (χ1n) is 6.27. The van der Waals surface area contributed by atoms with E-state index < -0.39 is 12.0 Å². The number of hydrogen-bond donors (Lipinski definition) is 2. The van der Waals surface area contributed by atoms with E-state index in [1.807, 2.05) is 32.0 Å². The van der Waals surface area contributed by atoms with E-state index in [2.05, 4.69) is 11.9 Å². The van der Waals surface area contributed by atoms with Gasteiger partial charge >= 0.3 is 5.97 Å². The van der Waals surface area contributed by atoms with Gasteiger partial charge < -0.3 is 10.4 Å². The van der Waals surface area contributed by atoms with Gasteiger partial charge in [-0.3, -0.25) is 4.79 Å². The average molecular weight is 293 g/mol. The van der Waals surface area contributed by atoms with Crippen LogP contribution in [0.5, 0.6) is 0 Å². The fraction of sp³-hybridized carbons (Fsp3) is 0.333. The minimum Gasteiger partial charge on any atom is -0.480 e. The van der Waals surface area contributed by atoms with Gasteiger partial charge in [0.2, 0.25) is 5.91 Å². The molecule has 1 aromatic rings. The largest absolute Gasteiger partial charge is 0.480 e. The van der Waals surface area contributed by atoms with Gasteiger partial charge in [0, 0.05) is 4.90 Å². The van der Waals surface area contributed by atoms with Crippen LogP contribution in [0.3, 0.4) is 0 Å². The van der Waals surface area contributed by atoms with Crippen LogP contribution in [0.1, 0.15) is 17.5 Å². The maximum Gasteiger partial charge on any atom is 0.326 e. The van der Waals surface area contributed by atoms with E-state index in [0.717, 1.165) is 16.0 Å². The number of carboxylic acid groups (broad SMARTS) is 1. The summed E-state index contributed by atoms with van der Waals surface area (Å²) in [6, 6.07) is 5.14. The van der Waals surface area contributed by atoms with Crippen LogP contribution < -0.4 is 5.32 Å². The molecule has 0 heterocycles. The number of carbonyl (C=O) groups is 2. The minimum atomic E-state index is -1.05. The zero-order valence-corrected chi connectivity index (χ0v) is 12.5. The van der Waals surface area contributed by atoms with Crippen LogP contribution in [0.4, 0.5) is 0 Å². The zero-order valence-electron chi connectivity index (χ0n) is 11.7. The van der Waals surface area contributed by atoms with E-state index in [1.54, 1.807) is 0 Å². The molecule has 108 valence electrons. The first-order valence-corrected chi connectivity index (χ1v) is 7.25. The molecule has 0 aliphatic heterocycles. The van der Waals surface area contributed by atoms with E-state index >= 15 is 0 Å². The van der Waals surface area contributed by atoms with Crippen molar-refractivity contribution in [1.82, 2.24) is 5.32 Å². The summed E-state index contributed by atoms with van der Waals surface area (Å²) >= 11 is 1.41. The second-order valence-corrected chi connectivity index (χ2v) is 5.56. The SMILES string of the molecule is C=CCC(NC(=O)CSc1cc(C)ccc1C)C(=O)O. The first kappa shape index (κ1) is 16.3. The highest BCUT2D eigenvalue weighted by atomic mass is 32.2. The van der Waals surface area contributed by atoms with Gasteiger partial charge in [-0.05, 0) is 31.9 Å². The molecule has 1 atom stereocenters. The molecule has 4 nitrogen and oxygen atoms in total. The molecule has 1 unspecified atom stereocenters. The van der Waals surface area contributed by atoms with Gasteiger partial charge in [-0.25, -0.2) is 4.79 Å². The fourth-order valence-corrected chi connectivity index (χ4v) is 2.57. The number of carboxylic acids is 1. The second-order valence-electron chi connectivity index (χ2n) is 4.54. The molecule has 20 heavy (non-hydrogen) atoms. The Labute approximate surface area is 123 Å². The lowest BCUT2D eigenvalue weighted by Crippen LogP contribution is -2.41. The molecule has 0 radical (unpaired) electrons. The first-order chi connectivity index (χ1) is 9.43. The number of benzene rings is 1. The molecular formula is C15H19NO3S. The lowest BCUT2D eigenvalue weighted by Gasteiger charge is -2.13. The Kier molecular flexibility index (Phi) is 6.31. The molecule has 0 aliphatic carbocycles. The van der Waals surface area contributed by atoms with E-state index in [1.165, 1.54) is 17.8 Å². The maximum atomic E-state index is 11.8. The lowest BCUT2D eigenvalue weighted by molar-refractivity contribution is -0.141. The summed E-state index contributed by atoms with van der Waals surface area (Å²) in [6.07, 6.45) is 1.70. The van der Waals surface area contributed by atoms with E-state index in [9.17, 15) is 9.59 Å². The van der Waals surface area contributed by atoms with Crippen LogP contribution in [0, 0.1) is 13.8 Å². The normalized spacial score (nSPS) is 11.7. The third-order valence-electron chi connectivity index (χ3n) is 2.74. The predicted octanol–water partition coefficient (Wildman–Crippen LogP) is 2.54. The standard InChI is InChI=1S/C15H19NO3S/c1-4-5-12(15(18)19)16-14(17)9-20-13-8-10(2)6-7-11(13)3/h4,6-8,12H,1,5,9H2,2-3H3,(H,16,17)(H,18,19). The van der Waals surface area contributed by atoms with Crippen LogP contribution in [-0.2, 0) is 9.59 Å². The molecule has 0 saturated heterocycles. The molecule has 1 aromatic carbocycles. The Morgan fingerprint density at radius 1 is 1.45 bits per heavy atom. The summed E-state index contributed by atoms with van der Waals surface area (Å²) in [5, 5.41) is 11.4. The van der Waals surface area contributed by atoms with Crippen LogP contribution in [0.25, 0.3) is 0 Å². The van der Waals surface area contributed by atoms with Crippen molar-refractivity contribution in [2.75, 3.05) is 5.75 Å². The van der Waals surface area contributed by atoms with Crippen LogP contribution in [0.15, 0.2) is 35.7 Å². The Morgan fingerprint density at radius 2 is 2.15 bits per heavy atom. The van der Waals surface area contributed by atoms with Gasteiger partial charge in [-0.2, -0.15) is 0 Å². The molecule has 2 N–H and O–H groups in total. The number of amides is 1. The van der Waals surface area contributed by atoms with Gasteiger partial charge in [0.1, 0.15) is 6.04 Å². The van der Waals surface area contributed by atoms with E-state index in [-0.39, 0.29) is 18.1 Å². The summed E-state index contributed by atoms with van der Waals surface area (Å²) in [6.45, 7) is 7.46. The molecule has 0 aromatic heterocycles. The summed E-state index contributed by atoms with van der Waals surface area (Å²) in [5.41, 5.74) is 2.24. The number of aliphatic carboxylic acids is 1. The predicted molar refractivity (Wildman–Crippen MR) is 81.0 cm³/mol. The number of hydrogen-bond acceptors (Lipinski definition) is 3. The summed E-state index contributed by atoms with van der Waals surface area (Å²) < 4.78 is 0. The third-order valence-corrected chi connectivity index (χ3v) is 3.90. The van der Waals surface area contributed by atoms with Gasteiger partial charge in [0.05, 0.1) is 5.75 Å². The lowest BCUT2D eigenvalue weighted by atomic mass is 10.2. The Balaban J connectivity index is 2.56. The fourth-order valence-electron chi connectivity index (χ4n) is 1.63. The van der Waals surface area contributed by atoms with Gasteiger partial charge in [-0.1, -0.05) is 23.8 Å². The van der Waals surface area contributed by atoms with Crippen molar-refractivity contribution < 1.29 is 14.7 Å². The highest BCUT2D eigenvalue weighted by molar-refractivity contribution is 8.00. The topological polar surface area (TPSA) is 66.4 Å². The summed E-state index contributed by atoms with van der Waals surface area (Å²) in [4.78, 5) is 23.7. The third kappa shape index (κ3) is 5.09. The van der Waals surface area contributed by atoms with Crippen LogP contribution in [-0.4, -0.2) is 28.8 Å². The Morgan fingerprint density at radius 3 is 2.75 bits per heavy atom. The van der Waals surface area contributed by atoms with Crippen molar-refractivity contribution in [3.05, 3.63) is 42.0 Å². The number of nitrogens with one attached hydrogen (secondary N) is 1. The zero-order chi connectivity index (χ0) is 15.1. The molecule has 5 heteroatoms. The monoisotopic (exact) mass is 293 g/mol. The second kappa shape index (κ2) is 7.75. The minimum absolute atomic E-state index is 0.200. The van der Waals surface area contributed by atoms with Crippen molar-refractivity contribution in [2.24, 2.45) is 0 Å². The van der Waals surface area contributed by atoms with Crippen molar-refractivity contribution >= 4 is 23.6 Å². The Bertz CT molecular complexity index is 514. The maximum absolute atomic E-state index is 11.8. The number of rotatable bonds is 7. The Hall–Kier alpha value is -1.75. The average Bonchev–Trinajstić information content (AvgIpc) is 2.39. The van der Waals surface area contributed by atoms with Crippen molar-refractivity contribution in [3.63, 3.8) is 0 Å². The van der Waals surface area contributed by atoms with Crippen LogP contribution >= 0.6 is 11.8 Å². The molecule has 1 rings (SSSR count).